The average Bonchev–Trinajstić information content (AvgIpc) is 1.79. The van der Waals surface area contributed by atoms with Gasteiger partial charge in [-0.05, 0) is 100 Å². The highest BCUT2D eigenvalue weighted by molar-refractivity contribution is 7.89. The van der Waals surface area contributed by atoms with Crippen LogP contribution in [0.25, 0.3) is 0 Å². The third-order valence-electron chi connectivity index (χ3n) is 15.5. The molecule has 1 saturated carbocycles. The van der Waals surface area contributed by atoms with Gasteiger partial charge >= 0.3 is 12.1 Å². The molecule has 0 saturated heterocycles. The summed E-state index contributed by atoms with van der Waals surface area (Å²) in [7, 11) is -1.28. The first-order chi connectivity index (χ1) is 40.3. The van der Waals surface area contributed by atoms with E-state index < -0.39 is 110 Å². The standard InChI is InChI=1S/C63H94N10O13S/c1-39(2)46(71(14)57(81)51(60(6,7)8)68-56(80)52(72(15)59(83)86-61(9,10)11)62(12,13)43-23-18-16-19-24-43)37-41(5)53(77)70-87(84,85)38-42-27-29-44(30-28-42)63(33-34-63)69-54(78)45(25-22-35-65-58(64)82)66-55(79)50(40(3)4)67-47(74)26-20-17-21-36-73-48(75)31-32-49(73)76/h16,18-19,23-24,27-32,37,39-40,45-46,50-52H,17,20-22,25-26,33-36,38H2,1-15H3,(H,66,79)(H,67,74)(H,68,80)(H,69,78)(H,70,77)(H3,64,65,82). The number of nitrogens with zero attached hydrogens (tertiary/aromatic N) is 3. The second-order valence-corrected chi connectivity index (χ2v) is 27.9. The number of carbonyl (C=O) groups excluding carboxylic acids is 10. The minimum Gasteiger partial charge on any atom is -0.444 e. The zero-order valence-corrected chi connectivity index (χ0v) is 54.2. The van der Waals surface area contributed by atoms with Crippen molar-refractivity contribution in [3.05, 3.63) is 95.1 Å². The molecule has 1 aliphatic carbocycles. The lowest BCUT2D eigenvalue weighted by molar-refractivity contribution is -0.142. The zero-order valence-electron chi connectivity index (χ0n) is 53.4. The molecular weight excluding hydrogens is 1140 g/mol. The predicted molar refractivity (Wildman–Crippen MR) is 330 cm³/mol. The Morgan fingerprint density at radius 1 is 0.747 bits per heavy atom. The Balaban J connectivity index is 1.44. The maximum Gasteiger partial charge on any atom is 0.410 e. The van der Waals surface area contributed by atoms with Crippen LogP contribution in [0, 0.1) is 17.3 Å². The van der Waals surface area contributed by atoms with Crippen LogP contribution in [0.3, 0.4) is 0 Å². The van der Waals surface area contributed by atoms with E-state index in [9.17, 15) is 56.4 Å². The number of nitrogens with two attached hydrogens (primary N) is 1. The van der Waals surface area contributed by atoms with Crippen molar-refractivity contribution < 1.29 is 61.1 Å². The normalized spacial score (nSPS) is 16.0. The van der Waals surface area contributed by atoms with Crippen molar-refractivity contribution >= 4 is 69.4 Å². The number of sulfonamides is 1. The Bertz CT molecular complexity index is 2980. The van der Waals surface area contributed by atoms with Crippen LogP contribution in [0.15, 0.2) is 78.4 Å². The van der Waals surface area contributed by atoms with Crippen LogP contribution in [0.2, 0.25) is 0 Å². The monoisotopic (exact) mass is 1230 g/mol. The lowest BCUT2D eigenvalue weighted by Crippen LogP contribution is -2.63. The van der Waals surface area contributed by atoms with Gasteiger partial charge in [0.05, 0.1) is 17.3 Å². The Kier molecular flexibility index (Phi) is 25.0. The van der Waals surface area contributed by atoms with Crippen molar-refractivity contribution in [3.8, 4) is 0 Å². The second kappa shape index (κ2) is 30.3. The summed E-state index contributed by atoms with van der Waals surface area (Å²) in [5.74, 6) is -5.53. The van der Waals surface area contributed by atoms with Crippen molar-refractivity contribution in [1.82, 2.24) is 46.0 Å². The van der Waals surface area contributed by atoms with E-state index in [-0.39, 0.29) is 67.5 Å². The molecule has 2 aromatic rings. The fraction of sp³-hybridized carbons (Fsp3) is 0.587. The van der Waals surface area contributed by atoms with Crippen LogP contribution in [-0.4, -0.2) is 145 Å². The van der Waals surface area contributed by atoms with Gasteiger partial charge in [-0.1, -0.05) is 129 Å². The van der Waals surface area contributed by atoms with Gasteiger partial charge in [0, 0.05) is 56.7 Å². The maximum absolute atomic E-state index is 14.7. The lowest BCUT2D eigenvalue weighted by Gasteiger charge is -2.42. The van der Waals surface area contributed by atoms with Gasteiger partial charge < -0.3 is 42.0 Å². The number of urea groups is 1. The molecule has 8 N–H and O–H groups in total. The number of imide groups is 1. The van der Waals surface area contributed by atoms with Gasteiger partial charge in [0.25, 0.3) is 17.7 Å². The molecule has 23 nitrogen and oxygen atoms in total. The number of hydrogen-bond acceptors (Lipinski definition) is 13. The molecular formula is C63H94N10O13S. The molecule has 1 heterocycles. The number of amides is 11. The molecule has 480 valence electrons. The molecule has 2 aromatic carbocycles. The summed E-state index contributed by atoms with van der Waals surface area (Å²) in [5.41, 5.74) is 3.46. The van der Waals surface area contributed by atoms with Gasteiger partial charge in [0.15, 0.2) is 0 Å². The summed E-state index contributed by atoms with van der Waals surface area (Å²) >= 11 is 0. The summed E-state index contributed by atoms with van der Waals surface area (Å²) in [6.45, 7) is 23.2. The fourth-order valence-corrected chi connectivity index (χ4v) is 11.4. The van der Waals surface area contributed by atoms with Crippen molar-refractivity contribution in [2.24, 2.45) is 23.0 Å². The first-order valence-corrected chi connectivity index (χ1v) is 31.4. The Hall–Kier alpha value is -7.63. The van der Waals surface area contributed by atoms with E-state index in [1.54, 1.807) is 86.7 Å². The van der Waals surface area contributed by atoms with Gasteiger partial charge in [-0.3, -0.25) is 48.2 Å². The maximum atomic E-state index is 14.7. The van der Waals surface area contributed by atoms with E-state index in [0.29, 0.717) is 43.2 Å². The predicted octanol–water partition coefficient (Wildman–Crippen LogP) is 5.47. The van der Waals surface area contributed by atoms with E-state index in [0.717, 1.165) is 10.5 Å². The van der Waals surface area contributed by atoms with Crippen LogP contribution < -0.4 is 37.0 Å². The van der Waals surface area contributed by atoms with E-state index in [1.807, 2.05) is 58.0 Å². The number of likely N-dealkylation sites (N-methyl/N-ethyl adjacent to an activating group) is 2. The van der Waals surface area contributed by atoms with E-state index >= 15 is 0 Å². The Labute approximate surface area is 513 Å². The number of rotatable bonds is 30. The number of unbranched alkanes of at least 4 members (excludes halogenated alkanes) is 2. The molecule has 5 atom stereocenters. The molecule has 0 radical (unpaired) electrons. The average molecular weight is 1230 g/mol. The number of benzene rings is 2. The summed E-state index contributed by atoms with van der Waals surface area (Å²) in [6, 6.07) is 9.84. The van der Waals surface area contributed by atoms with Crippen molar-refractivity contribution in [3.63, 3.8) is 0 Å². The second-order valence-electron chi connectivity index (χ2n) is 26.1. The minimum absolute atomic E-state index is 0.0106. The fourth-order valence-electron chi connectivity index (χ4n) is 10.3. The molecule has 4 rings (SSSR count). The summed E-state index contributed by atoms with van der Waals surface area (Å²) in [6.07, 6.45) is 6.20. The van der Waals surface area contributed by atoms with Crippen LogP contribution in [0.4, 0.5) is 9.59 Å². The number of nitrogens with one attached hydrogen (secondary N) is 6. The largest absolute Gasteiger partial charge is 0.444 e. The quantitative estimate of drug-likeness (QED) is 0.0290. The summed E-state index contributed by atoms with van der Waals surface area (Å²) in [5, 5.41) is 14.1. The first kappa shape index (κ1) is 71.8. The van der Waals surface area contributed by atoms with Gasteiger partial charge in [0.1, 0.15) is 29.8 Å². The van der Waals surface area contributed by atoms with Gasteiger partial charge in [-0.2, -0.15) is 0 Å². The van der Waals surface area contributed by atoms with Crippen LogP contribution in [0.1, 0.15) is 158 Å². The van der Waals surface area contributed by atoms with E-state index in [1.165, 1.54) is 42.0 Å². The molecule has 0 spiro atoms. The SMILES string of the molecule is CC(=CC(C(C)C)N(C)C(=O)C(NC(=O)C(N(C)C(=O)OC(C)(C)C)C(C)(C)c1ccccc1)C(C)(C)C)C(=O)NS(=O)(=O)Cc1ccc(C2(NC(=O)C(CCCNC(N)=O)NC(=O)C(NC(=O)CCCCCN3C(=O)C=CC3=O)C(C)C)CC2)cc1. The summed E-state index contributed by atoms with van der Waals surface area (Å²) in [4.78, 5) is 137. The van der Waals surface area contributed by atoms with Crippen molar-refractivity contribution in [2.75, 3.05) is 27.2 Å². The molecule has 5 unspecified atom stereocenters. The molecule has 2 aliphatic rings. The highest BCUT2D eigenvalue weighted by atomic mass is 32.2. The molecule has 1 aliphatic heterocycles. The van der Waals surface area contributed by atoms with Crippen LogP contribution >= 0.6 is 0 Å². The molecule has 11 amide bonds. The third kappa shape index (κ3) is 21.0. The Morgan fingerprint density at radius 2 is 1.34 bits per heavy atom. The number of carbonyl (C=O) groups is 10. The zero-order chi connectivity index (χ0) is 65.6. The minimum atomic E-state index is -4.31. The number of ether oxygens (including phenoxy) is 1. The third-order valence-corrected chi connectivity index (χ3v) is 16.7. The van der Waals surface area contributed by atoms with Gasteiger partial charge in [-0.25, -0.2) is 22.7 Å². The highest BCUT2D eigenvalue weighted by Gasteiger charge is 2.48. The van der Waals surface area contributed by atoms with Crippen molar-refractivity contribution in [2.45, 2.75) is 194 Å². The van der Waals surface area contributed by atoms with Gasteiger partial charge in [-0.15, -0.1) is 0 Å². The highest BCUT2D eigenvalue weighted by Crippen LogP contribution is 2.46. The summed E-state index contributed by atoms with van der Waals surface area (Å²) < 4.78 is 35.1. The topological polar surface area (TPSA) is 322 Å². The molecule has 1 fully saturated rings. The lowest BCUT2D eigenvalue weighted by atomic mass is 9.76. The van der Waals surface area contributed by atoms with E-state index in [2.05, 4.69) is 31.3 Å². The van der Waals surface area contributed by atoms with Crippen LogP contribution in [0.5, 0.6) is 0 Å². The van der Waals surface area contributed by atoms with Crippen molar-refractivity contribution in [1.29, 1.82) is 0 Å². The molecule has 24 heteroatoms. The molecule has 0 aromatic heterocycles. The molecule has 87 heavy (non-hydrogen) atoms. The van der Waals surface area contributed by atoms with Gasteiger partial charge in [0.2, 0.25) is 39.6 Å². The Morgan fingerprint density at radius 3 is 1.87 bits per heavy atom. The number of primary amides is 1. The first-order valence-electron chi connectivity index (χ1n) is 29.7. The smallest absolute Gasteiger partial charge is 0.410 e. The number of hydrogen-bond donors (Lipinski definition) is 7. The van der Waals surface area contributed by atoms with Crippen LogP contribution in [-0.2, 0) is 69.8 Å². The molecule has 0 bridgehead atoms. The van der Waals surface area contributed by atoms with E-state index in [4.69, 9.17) is 10.5 Å².